The Morgan fingerprint density at radius 1 is 0.895 bits per heavy atom. The Hall–Kier alpha value is -4.20. The number of halogens is 1. The highest BCUT2D eigenvalue weighted by molar-refractivity contribution is 5.99. The number of piperazine rings is 1. The Kier molecular flexibility index (Phi) is 8.41. The lowest BCUT2D eigenvalue weighted by Gasteiger charge is -2.36. The van der Waals surface area contributed by atoms with E-state index < -0.39 is 11.7 Å². The van der Waals surface area contributed by atoms with Crippen molar-refractivity contribution in [2.45, 2.75) is 26.8 Å². The summed E-state index contributed by atoms with van der Waals surface area (Å²) in [5.41, 5.74) is 3.38. The third-order valence-electron chi connectivity index (χ3n) is 6.68. The molecule has 0 bridgehead atoms. The van der Waals surface area contributed by atoms with E-state index in [1.54, 1.807) is 19.9 Å². The maximum Gasteiger partial charge on any atom is 0.257 e. The zero-order chi connectivity index (χ0) is 27.2. The SMILES string of the molecule is Cc1ccc(C(=O)N2CCN(c3ccc(NC(=O)CN(C(=O)c4ccccc4F)C(C)C)cc3)CC2)cc1. The molecule has 4 rings (SSSR count). The Morgan fingerprint density at radius 2 is 1.53 bits per heavy atom. The van der Waals surface area contributed by atoms with Crippen LogP contribution in [-0.4, -0.2) is 66.3 Å². The van der Waals surface area contributed by atoms with Gasteiger partial charge in [0.05, 0.1) is 5.56 Å². The Labute approximate surface area is 222 Å². The van der Waals surface area contributed by atoms with Crippen LogP contribution >= 0.6 is 0 Å². The van der Waals surface area contributed by atoms with E-state index in [1.807, 2.05) is 60.4 Å². The van der Waals surface area contributed by atoms with Crippen LogP contribution in [0, 0.1) is 12.7 Å². The van der Waals surface area contributed by atoms with Crippen molar-refractivity contribution in [3.63, 3.8) is 0 Å². The van der Waals surface area contributed by atoms with Crippen LogP contribution in [0.4, 0.5) is 15.8 Å². The van der Waals surface area contributed by atoms with Gasteiger partial charge in [0.25, 0.3) is 11.8 Å². The molecule has 3 amide bonds. The van der Waals surface area contributed by atoms with Crippen LogP contribution in [0.1, 0.15) is 40.1 Å². The van der Waals surface area contributed by atoms with Gasteiger partial charge in [-0.15, -0.1) is 0 Å². The summed E-state index contributed by atoms with van der Waals surface area (Å²) in [6, 6.07) is 20.6. The van der Waals surface area contributed by atoms with Gasteiger partial charge in [-0.25, -0.2) is 4.39 Å². The molecule has 1 aliphatic heterocycles. The van der Waals surface area contributed by atoms with E-state index in [1.165, 1.54) is 23.1 Å². The van der Waals surface area contributed by atoms with E-state index in [0.29, 0.717) is 37.4 Å². The summed E-state index contributed by atoms with van der Waals surface area (Å²) in [7, 11) is 0. The first kappa shape index (κ1) is 26.9. The van der Waals surface area contributed by atoms with Gasteiger partial charge in [-0.2, -0.15) is 0 Å². The molecule has 0 aromatic heterocycles. The molecule has 3 aromatic carbocycles. The molecule has 8 heteroatoms. The van der Waals surface area contributed by atoms with Gasteiger partial charge in [0.1, 0.15) is 12.4 Å². The van der Waals surface area contributed by atoms with Gasteiger partial charge < -0.3 is 20.0 Å². The van der Waals surface area contributed by atoms with Crippen LogP contribution in [0.15, 0.2) is 72.8 Å². The van der Waals surface area contributed by atoms with E-state index in [0.717, 1.165) is 11.3 Å². The molecule has 0 saturated carbocycles. The van der Waals surface area contributed by atoms with Gasteiger partial charge in [-0.3, -0.25) is 14.4 Å². The van der Waals surface area contributed by atoms with E-state index in [9.17, 15) is 18.8 Å². The molecule has 38 heavy (non-hydrogen) atoms. The number of aryl methyl sites for hydroxylation is 1. The number of carbonyl (C=O) groups excluding carboxylic acids is 3. The van der Waals surface area contributed by atoms with Gasteiger partial charge in [0, 0.05) is 49.2 Å². The molecule has 0 aliphatic carbocycles. The third-order valence-corrected chi connectivity index (χ3v) is 6.68. The lowest BCUT2D eigenvalue weighted by molar-refractivity contribution is -0.117. The van der Waals surface area contributed by atoms with Crippen molar-refractivity contribution < 1.29 is 18.8 Å². The monoisotopic (exact) mass is 516 g/mol. The number of benzene rings is 3. The molecule has 1 aliphatic rings. The molecular weight excluding hydrogens is 483 g/mol. The van der Waals surface area contributed by atoms with Crippen molar-refractivity contribution >= 4 is 29.1 Å². The summed E-state index contributed by atoms with van der Waals surface area (Å²) in [6.07, 6.45) is 0. The van der Waals surface area contributed by atoms with Crippen LogP contribution < -0.4 is 10.2 Å². The molecule has 0 radical (unpaired) electrons. The molecule has 0 unspecified atom stereocenters. The fourth-order valence-electron chi connectivity index (χ4n) is 4.44. The van der Waals surface area contributed by atoms with Crippen molar-refractivity contribution in [3.8, 4) is 0 Å². The fraction of sp³-hybridized carbons (Fsp3) is 0.300. The number of nitrogens with one attached hydrogen (secondary N) is 1. The molecule has 3 aromatic rings. The average molecular weight is 517 g/mol. The quantitative estimate of drug-likeness (QED) is 0.499. The number of carbonyl (C=O) groups is 3. The predicted octanol–water partition coefficient (Wildman–Crippen LogP) is 4.59. The summed E-state index contributed by atoms with van der Waals surface area (Å²) in [5, 5.41) is 2.82. The van der Waals surface area contributed by atoms with Crippen LogP contribution in [0.5, 0.6) is 0 Å². The zero-order valence-electron chi connectivity index (χ0n) is 22.0. The number of amides is 3. The number of anilines is 2. The highest BCUT2D eigenvalue weighted by atomic mass is 19.1. The number of hydrogen-bond donors (Lipinski definition) is 1. The van der Waals surface area contributed by atoms with Gasteiger partial charge in [0.2, 0.25) is 5.91 Å². The summed E-state index contributed by atoms with van der Waals surface area (Å²) in [5.74, 6) is -1.45. The van der Waals surface area contributed by atoms with Crippen molar-refractivity contribution in [1.29, 1.82) is 0 Å². The van der Waals surface area contributed by atoms with E-state index in [-0.39, 0.29) is 30.0 Å². The van der Waals surface area contributed by atoms with Crippen molar-refractivity contribution in [3.05, 3.63) is 95.3 Å². The summed E-state index contributed by atoms with van der Waals surface area (Å²) in [6.45, 7) is 8.07. The maximum atomic E-state index is 14.1. The number of hydrogen-bond acceptors (Lipinski definition) is 4. The Balaban J connectivity index is 1.31. The topological polar surface area (TPSA) is 73.0 Å². The zero-order valence-corrected chi connectivity index (χ0v) is 22.0. The molecule has 1 heterocycles. The number of nitrogens with zero attached hydrogens (tertiary/aromatic N) is 3. The molecule has 1 saturated heterocycles. The van der Waals surface area contributed by atoms with Crippen molar-refractivity contribution in [2.24, 2.45) is 0 Å². The number of rotatable bonds is 7. The maximum absolute atomic E-state index is 14.1. The van der Waals surface area contributed by atoms with Crippen LogP contribution in [0.3, 0.4) is 0 Å². The van der Waals surface area contributed by atoms with E-state index in [2.05, 4.69) is 10.2 Å². The third kappa shape index (κ3) is 6.37. The minimum atomic E-state index is -0.612. The molecule has 7 nitrogen and oxygen atoms in total. The van der Waals surface area contributed by atoms with Crippen molar-refractivity contribution in [2.75, 3.05) is 42.9 Å². The summed E-state index contributed by atoms with van der Waals surface area (Å²) >= 11 is 0. The molecule has 198 valence electrons. The van der Waals surface area contributed by atoms with Gasteiger partial charge in [0.15, 0.2) is 0 Å². The molecule has 0 spiro atoms. The Morgan fingerprint density at radius 3 is 2.13 bits per heavy atom. The first-order chi connectivity index (χ1) is 18.2. The molecule has 1 fully saturated rings. The Bertz CT molecular complexity index is 1280. The first-order valence-corrected chi connectivity index (χ1v) is 12.8. The second kappa shape index (κ2) is 11.9. The van der Waals surface area contributed by atoms with Gasteiger partial charge in [-0.1, -0.05) is 29.8 Å². The van der Waals surface area contributed by atoms with Gasteiger partial charge >= 0.3 is 0 Å². The molecular formula is C30H33FN4O3. The molecule has 0 atom stereocenters. The highest BCUT2D eigenvalue weighted by Gasteiger charge is 2.25. The lowest BCUT2D eigenvalue weighted by Crippen LogP contribution is -2.48. The molecule has 1 N–H and O–H groups in total. The second-order valence-corrected chi connectivity index (χ2v) is 9.75. The lowest BCUT2D eigenvalue weighted by atomic mass is 10.1. The van der Waals surface area contributed by atoms with Crippen molar-refractivity contribution in [1.82, 2.24) is 9.80 Å². The normalized spacial score (nSPS) is 13.4. The van der Waals surface area contributed by atoms with E-state index in [4.69, 9.17) is 0 Å². The summed E-state index contributed by atoms with van der Waals surface area (Å²) in [4.78, 5) is 43.8. The highest BCUT2D eigenvalue weighted by Crippen LogP contribution is 2.21. The standard InChI is InChI=1S/C30H33FN4O3/c1-21(2)35(30(38)26-6-4-5-7-27(26)31)20-28(36)32-24-12-14-25(15-13-24)33-16-18-34(19-17-33)29(37)23-10-8-22(3)9-11-23/h4-15,21H,16-20H2,1-3H3,(H,32,36). The largest absolute Gasteiger partial charge is 0.368 e. The predicted molar refractivity (Wildman–Crippen MR) is 147 cm³/mol. The minimum Gasteiger partial charge on any atom is -0.368 e. The van der Waals surface area contributed by atoms with Crippen LogP contribution in [-0.2, 0) is 4.79 Å². The fourth-order valence-corrected chi connectivity index (χ4v) is 4.44. The summed E-state index contributed by atoms with van der Waals surface area (Å²) < 4.78 is 14.1. The van der Waals surface area contributed by atoms with E-state index >= 15 is 0 Å². The van der Waals surface area contributed by atoms with Gasteiger partial charge in [-0.05, 0) is 69.3 Å². The minimum absolute atomic E-state index is 0.0478. The second-order valence-electron chi connectivity index (χ2n) is 9.75. The first-order valence-electron chi connectivity index (χ1n) is 12.8. The smallest absolute Gasteiger partial charge is 0.257 e. The average Bonchev–Trinajstić information content (AvgIpc) is 2.92. The van der Waals surface area contributed by atoms with Crippen LogP contribution in [0.2, 0.25) is 0 Å². The van der Waals surface area contributed by atoms with Crippen LogP contribution in [0.25, 0.3) is 0 Å².